The van der Waals surface area contributed by atoms with Crippen LogP contribution in [-0.4, -0.2) is 6.54 Å². The molecule has 1 nitrogen and oxygen atoms in total. The normalized spacial score (nSPS) is 15.4. The van der Waals surface area contributed by atoms with Crippen LogP contribution in [0.5, 0.6) is 0 Å². The van der Waals surface area contributed by atoms with Crippen molar-refractivity contribution in [2.75, 3.05) is 11.9 Å². The second kappa shape index (κ2) is 10.1. The van der Waals surface area contributed by atoms with E-state index in [4.69, 9.17) is 0 Å². The third-order valence-corrected chi connectivity index (χ3v) is 12.2. The van der Waals surface area contributed by atoms with Crippen molar-refractivity contribution in [3.8, 4) is 0 Å². The molecule has 34 heavy (non-hydrogen) atoms. The summed E-state index contributed by atoms with van der Waals surface area (Å²) in [4.78, 5) is 0. The quantitative estimate of drug-likeness (QED) is 0.387. The number of benzene rings is 4. The number of rotatable bonds is 5. The van der Waals surface area contributed by atoms with Gasteiger partial charge >= 0.3 is 0 Å². The van der Waals surface area contributed by atoms with Crippen LogP contribution < -0.4 is 38.2 Å². The minimum absolute atomic E-state index is 0. The molecule has 0 aromatic heterocycles. The summed E-state index contributed by atoms with van der Waals surface area (Å²) in [6, 6.07) is 40.8. The highest BCUT2D eigenvalue weighted by atomic mass is 79.9. The Morgan fingerprint density at radius 1 is 0.706 bits per heavy atom. The minimum atomic E-state index is -1.96. The molecule has 0 amide bonds. The summed E-state index contributed by atoms with van der Waals surface area (Å²) >= 11 is 0. The lowest BCUT2D eigenvalue weighted by molar-refractivity contribution is -0.00000680. The zero-order valence-corrected chi connectivity index (χ0v) is 22.7. The van der Waals surface area contributed by atoms with Gasteiger partial charge in [0.1, 0.15) is 28.8 Å². The lowest BCUT2D eigenvalue weighted by Gasteiger charge is -2.36. The van der Waals surface area contributed by atoms with Crippen molar-refractivity contribution in [1.82, 2.24) is 0 Å². The van der Waals surface area contributed by atoms with Gasteiger partial charge in [0, 0.05) is 12.2 Å². The van der Waals surface area contributed by atoms with Crippen molar-refractivity contribution in [2.45, 2.75) is 38.3 Å². The van der Waals surface area contributed by atoms with Crippen molar-refractivity contribution in [2.24, 2.45) is 0 Å². The largest absolute Gasteiger partial charge is 1.00 e. The molecule has 4 aromatic carbocycles. The van der Waals surface area contributed by atoms with Gasteiger partial charge in [-0.1, -0.05) is 74.5 Å². The molecule has 3 heteroatoms. The topological polar surface area (TPSA) is 12.0 Å². The summed E-state index contributed by atoms with van der Waals surface area (Å²) in [6.07, 6.45) is 1.16. The van der Waals surface area contributed by atoms with Crippen LogP contribution in [0.4, 0.5) is 5.69 Å². The van der Waals surface area contributed by atoms with E-state index in [2.05, 4.69) is 135 Å². The molecule has 4 aromatic rings. The average Bonchev–Trinajstić information content (AvgIpc) is 2.86. The van der Waals surface area contributed by atoms with E-state index < -0.39 is 7.26 Å². The molecule has 0 fully saturated rings. The first kappa shape index (κ1) is 24.7. The van der Waals surface area contributed by atoms with E-state index >= 15 is 0 Å². The van der Waals surface area contributed by atoms with Gasteiger partial charge in [-0.25, -0.2) is 0 Å². The lowest BCUT2D eigenvalue weighted by atomic mass is 9.77. The fraction of sp³-hybridized carbons (Fsp3) is 0.226. The predicted octanol–water partition coefficient (Wildman–Crippen LogP) is 3.84. The smallest absolute Gasteiger partial charge is 0.119 e. The number of anilines is 1. The number of hydrogen-bond donors (Lipinski definition) is 1. The second-order valence-corrected chi connectivity index (χ2v) is 13.5. The summed E-state index contributed by atoms with van der Waals surface area (Å²) < 4.78 is 0. The molecule has 0 saturated heterocycles. The maximum Gasteiger partial charge on any atom is 0.119 e. The molecule has 0 bridgehead atoms. The highest BCUT2D eigenvalue weighted by molar-refractivity contribution is 7.95. The molecule has 0 spiro atoms. The van der Waals surface area contributed by atoms with Crippen molar-refractivity contribution in [1.29, 1.82) is 0 Å². The van der Waals surface area contributed by atoms with E-state index in [0.717, 1.165) is 13.0 Å². The molecule has 0 saturated carbocycles. The summed E-state index contributed by atoms with van der Waals surface area (Å²) in [6.45, 7) is 8.26. The SMILES string of the molecule is CC(c1ccc2c(c1)C(C)(C)CCN2)[P+](c1ccccc1)(c1ccccc1)c1ccccc1.[Br-]. The number of fused-ring (bicyclic) bond motifs is 1. The van der Waals surface area contributed by atoms with Crippen LogP contribution in [-0.2, 0) is 5.41 Å². The Bertz CT molecular complexity index is 1130. The molecule has 174 valence electrons. The van der Waals surface area contributed by atoms with Crippen LogP contribution in [0.15, 0.2) is 109 Å². The highest BCUT2D eigenvalue weighted by Crippen LogP contribution is 2.66. The molecule has 0 radical (unpaired) electrons. The summed E-state index contributed by atoms with van der Waals surface area (Å²) in [5, 5.41) is 7.93. The fourth-order valence-corrected chi connectivity index (χ4v) is 10.3. The van der Waals surface area contributed by atoms with Crippen LogP contribution in [0, 0.1) is 0 Å². The van der Waals surface area contributed by atoms with Gasteiger partial charge in [-0.3, -0.25) is 0 Å². The highest BCUT2D eigenvalue weighted by Gasteiger charge is 2.51. The molecular weight excluding hydrogens is 497 g/mol. The predicted molar refractivity (Wildman–Crippen MR) is 146 cm³/mol. The van der Waals surface area contributed by atoms with E-state index in [1.165, 1.54) is 32.7 Å². The van der Waals surface area contributed by atoms with Gasteiger partial charge in [0.25, 0.3) is 0 Å². The van der Waals surface area contributed by atoms with Crippen molar-refractivity contribution < 1.29 is 17.0 Å². The van der Waals surface area contributed by atoms with Crippen LogP contribution in [0.3, 0.4) is 0 Å². The first-order chi connectivity index (χ1) is 16.0. The van der Waals surface area contributed by atoms with Crippen LogP contribution >= 0.6 is 7.26 Å². The Morgan fingerprint density at radius 2 is 1.18 bits per heavy atom. The van der Waals surface area contributed by atoms with Crippen LogP contribution in [0.25, 0.3) is 0 Å². The molecule has 1 aliphatic rings. The van der Waals surface area contributed by atoms with Gasteiger partial charge in [0.15, 0.2) is 0 Å². The molecule has 5 rings (SSSR count). The third-order valence-electron chi connectivity index (χ3n) is 7.39. The van der Waals surface area contributed by atoms with E-state index in [1.54, 1.807) is 0 Å². The van der Waals surface area contributed by atoms with Gasteiger partial charge in [-0.05, 0) is 78.4 Å². The standard InChI is InChI=1S/C31H33NP.BrH/c1-24(25-19-20-30-29(23-25)31(2,3)21-22-32-30)33(26-13-7-4-8-14-26,27-15-9-5-10-16-27)28-17-11-6-12-18-28;/h4-20,23-24,32H,21-22H2,1-3H3;1H/q+1;/p-1. The third kappa shape index (κ3) is 4.23. The van der Waals surface area contributed by atoms with Gasteiger partial charge in [-0.2, -0.15) is 0 Å². The average molecular weight is 530 g/mol. The van der Waals surface area contributed by atoms with Gasteiger partial charge in [0.05, 0.1) is 0 Å². The molecule has 1 N–H and O–H groups in total. The van der Waals surface area contributed by atoms with E-state index in [-0.39, 0.29) is 22.4 Å². The molecule has 1 heterocycles. The van der Waals surface area contributed by atoms with Crippen molar-refractivity contribution >= 4 is 28.9 Å². The van der Waals surface area contributed by atoms with E-state index in [0.29, 0.717) is 5.66 Å². The van der Waals surface area contributed by atoms with Gasteiger partial charge in [0.2, 0.25) is 0 Å². The monoisotopic (exact) mass is 529 g/mol. The summed E-state index contributed by atoms with van der Waals surface area (Å²) in [5.41, 5.74) is 4.70. The summed E-state index contributed by atoms with van der Waals surface area (Å²) in [5.74, 6) is 0. The van der Waals surface area contributed by atoms with E-state index in [9.17, 15) is 0 Å². The van der Waals surface area contributed by atoms with Crippen molar-refractivity contribution in [3.05, 3.63) is 120 Å². The van der Waals surface area contributed by atoms with E-state index in [1.807, 2.05) is 0 Å². The zero-order chi connectivity index (χ0) is 22.9. The number of hydrogen-bond acceptors (Lipinski definition) is 1. The Kier molecular flexibility index (Phi) is 7.31. The second-order valence-electron chi connectivity index (χ2n) is 9.77. The Morgan fingerprint density at radius 3 is 1.65 bits per heavy atom. The Labute approximate surface area is 215 Å². The Balaban J connectivity index is 0.00000274. The summed E-state index contributed by atoms with van der Waals surface area (Å²) in [7, 11) is -1.96. The van der Waals surface area contributed by atoms with Crippen LogP contribution in [0.1, 0.15) is 44.0 Å². The zero-order valence-electron chi connectivity index (χ0n) is 20.2. The van der Waals surface area contributed by atoms with Gasteiger partial charge < -0.3 is 22.3 Å². The molecular formula is C31H33BrNP. The van der Waals surface area contributed by atoms with Gasteiger partial charge in [-0.15, -0.1) is 0 Å². The maximum absolute atomic E-state index is 3.63. The molecule has 0 aliphatic carbocycles. The first-order valence-electron chi connectivity index (χ1n) is 12.0. The number of halogens is 1. The lowest BCUT2D eigenvalue weighted by Crippen LogP contribution is -3.00. The van der Waals surface area contributed by atoms with Crippen LogP contribution in [0.2, 0.25) is 0 Å². The molecule has 1 unspecified atom stereocenters. The minimum Gasteiger partial charge on any atom is -1.00 e. The maximum atomic E-state index is 3.63. The molecule has 1 atom stereocenters. The fourth-order valence-electron chi connectivity index (χ4n) is 5.51. The first-order valence-corrected chi connectivity index (χ1v) is 13.8. The van der Waals surface area contributed by atoms with Crippen molar-refractivity contribution in [3.63, 3.8) is 0 Å². The number of nitrogens with one attached hydrogen (secondary N) is 1. The molecule has 1 aliphatic heterocycles. The Hall–Kier alpha value is -2.41.